The number of fused-ring (bicyclic) bond motifs is 1. The van der Waals surface area contributed by atoms with Crippen molar-refractivity contribution in [2.75, 3.05) is 6.61 Å². The van der Waals surface area contributed by atoms with Crippen molar-refractivity contribution in [2.24, 2.45) is 48.4 Å². The first-order chi connectivity index (χ1) is 28.1. The minimum absolute atomic E-state index is 0. The molecule has 6 fully saturated rings. The van der Waals surface area contributed by atoms with Gasteiger partial charge in [0.05, 0.1) is 84.5 Å². The monoisotopic (exact) mass is 911 g/mol. The van der Waals surface area contributed by atoms with Crippen LogP contribution in [-0.2, 0) is 40.5 Å². The predicted octanol–water partition coefficient (Wildman–Crippen LogP) is -3.97. The molecular formula is C38H64Li3N7O11S3. The van der Waals surface area contributed by atoms with Crippen molar-refractivity contribution < 1.29 is 105 Å². The molecule has 6 aliphatic carbocycles. The van der Waals surface area contributed by atoms with E-state index < -0.39 is 60.3 Å². The van der Waals surface area contributed by atoms with Crippen molar-refractivity contribution >= 4 is 31.6 Å². The molecule has 6 rings (SSSR count). The first kappa shape index (κ1) is 56.7. The molecule has 18 nitrogen and oxygen atoms in total. The van der Waals surface area contributed by atoms with Crippen LogP contribution in [0, 0.1) is 17.8 Å². The van der Waals surface area contributed by atoms with Gasteiger partial charge in [0.2, 0.25) is 0 Å². The van der Waals surface area contributed by atoms with E-state index in [1.54, 1.807) is 0 Å². The van der Waals surface area contributed by atoms with Crippen LogP contribution < -0.4 is 61.9 Å². The van der Waals surface area contributed by atoms with Gasteiger partial charge in [0.1, 0.15) is 12.1 Å². The van der Waals surface area contributed by atoms with E-state index in [0.29, 0.717) is 58.0 Å². The summed E-state index contributed by atoms with van der Waals surface area (Å²) in [6, 6.07) is -1.48. The third-order valence-electron chi connectivity index (χ3n) is 14.1. The van der Waals surface area contributed by atoms with E-state index in [1.807, 2.05) is 6.92 Å². The molecule has 6 aliphatic rings. The van der Waals surface area contributed by atoms with Gasteiger partial charge in [-0.05, 0) is 127 Å². The second-order valence-electron chi connectivity index (χ2n) is 18.0. The van der Waals surface area contributed by atoms with E-state index in [2.05, 4.69) is 27.6 Å². The molecule has 0 spiro atoms. The SMILES string of the molecule is CCOC1CC(N=NC2CCCC(S(=O)(=O)[O-])C2)CCC1N=NC1CCC(N=NC2C(OS(=O)[O-])CC3CCC(NC4CCCC(S(=O)(=O)[O-])C4)CC3C2O)CC1CC.[Li+].[Li+].[Li+]. The molecule has 0 aromatic carbocycles. The Hall–Kier alpha value is 0.362. The number of hydrogen-bond donors (Lipinski definition) is 2. The van der Waals surface area contributed by atoms with Crippen molar-refractivity contribution in [2.45, 2.75) is 213 Å². The van der Waals surface area contributed by atoms with Crippen LogP contribution in [0.2, 0.25) is 0 Å². The zero-order valence-electron chi connectivity index (χ0n) is 37.3. The minimum Gasteiger partial charge on any atom is -0.750 e. The van der Waals surface area contributed by atoms with Gasteiger partial charge in [-0.2, -0.15) is 30.7 Å². The Kier molecular flexibility index (Phi) is 24.0. The molecular weight excluding hydrogens is 847 g/mol. The Labute approximate surface area is 407 Å². The molecule has 0 heterocycles. The van der Waals surface area contributed by atoms with Gasteiger partial charge in [-0.3, -0.25) is 4.18 Å². The van der Waals surface area contributed by atoms with Gasteiger partial charge in [-0.1, -0.05) is 26.2 Å². The number of aliphatic hydroxyl groups excluding tert-OH is 1. The fourth-order valence-electron chi connectivity index (χ4n) is 10.9. The minimum atomic E-state index is -4.35. The molecule has 17 atom stereocenters. The van der Waals surface area contributed by atoms with Crippen LogP contribution in [0.3, 0.4) is 0 Å². The van der Waals surface area contributed by atoms with Crippen molar-refractivity contribution in [1.29, 1.82) is 0 Å². The zero-order valence-corrected chi connectivity index (χ0v) is 39.8. The van der Waals surface area contributed by atoms with Gasteiger partial charge in [0, 0.05) is 18.7 Å². The van der Waals surface area contributed by atoms with Gasteiger partial charge >= 0.3 is 56.6 Å². The quantitative estimate of drug-likeness (QED) is 0.0689. The van der Waals surface area contributed by atoms with E-state index >= 15 is 0 Å². The van der Waals surface area contributed by atoms with Gasteiger partial charge in [-0.15, -0.1) is 0 Å². The standard InChI is InChI=1S/C38H67N7O11S3.3Li/c1-3-23-17-28(13-15-33(23)43-44-34-16-14-29(22-35(34)55-4-2)41-40-27-8-6-10-31(20-27)59(52,53)54)42-45-37-36(56-57(47)48)18-24-11-12-26(21-32(24)38(37)46)39-25-7-5-9-30(19-25)58(49,50)51;;;/h23-39,46H,3-22H2,1-2H3,(H,47,48)(H,49,50,51)(H,52,53,54);;;/q;3*+1/p-3. The second-order valence-corrected chi connectivity index (χ2v) is 21.9. The largest absolute Gasteiger partial charge is 1.00 e. The summed E-state index contributed by atoms with van der Waals surface area (Å²) in [5.41, 5.74) is 0. The van der Waals surface area contributed by atoms with Crippen LogP contribution in [0.1, 0.15) is 136 Å². The van der Waals surface area contributed by atoms with Crippen LogP contribution in [0.15, 0.2) is 30.7 Å². The maximum Gasteiger partial charge on any atom is 1.00 e. The number of rotatable bonds is 15. The van der Waals surface area contributed by atoms with E-state index in [1.165, 1.54) is 0 Å². The fraction of sp³-hybridized carbons (Fsp3) is 1.00. The first-order valence-corrected chi connectivity index (χ1v) is 26.0. The molecule has 0 saturated heterocycles. The number of ether oxygens (including phenoxy) is 1. The molecule has 24 heteroatoms. The van der Waals surface area contributed by atoms with E-state index in [9.17, 15) is 39.8 Å². The van der Waals surface area contributed by atoms with Crippen molar-refractivity contribution in [3.05, 3.63) is 0 Å². The fourth-order valence-corrected chi connectivity index (χ4v) is 13.2. The molecule has 0 aromatic rings. The molecule has 17 unspecified atom stereocenters. The maximum atomic E-state index is 11.7. The summed E-state index contributed by atoms with van der Waals surface area (Å²) in [5.74, 6) is 0.0770. The van der Waals surface area contributed by atoms with E-state index in [4.69, 9.17) is 24.3 Å². The average molecular weight is 912 g/mol. The molecule has 0 aliphatic heterocycles. The normalized spacial score (nSPS) is 40.2. The molecule has 338 valence electrons. The molecule has 0 bridgehead atoms. The summed E-state index contributed by atoms with van der Waals surface area (Å²) >= 11 is -2.79. The van der Waals surface area contributed by atoms with Crippen LogP contribution in [0.5, 0.6) is 0 Å². The zero-order chi connectivity index (χ0) is 42.3. The molecule has 62 heavy (non-hydrogen) atoms. The van der Waals surface area contributed by atoms with Crippen molar-refractivity contribution in [3.63, 3.8) is 0 Å². The number of nitrogens with zero attached hydrogens (tertiary/aromatic N) is 6. The van der Waals surface area contributed by atoms with Crippen molar-refractivity contribution in [1.82, 2.24) is 5.32 Å². The summed E-state index contributed by atoms with van der Waals surface area (Å²) in [7, 11) is -8.69. The van der Waals surface area contributed by atoms with Gasteiger partial charge in [0.15, 0.2) is 0 Å². The van der Waals surface area contributed by atoms with Crippen LogP contribution >= 0.6 is 0 Å². The Morgan fingerprint density at radius 2 is 1.23 bits per heavy atom. The summed E-state index contributed by atoms with van der Waals surface area (Å²) < 4.78 is 105. The summed E-state index contributed by atoms with van der Waals surface area (Å²) in [4.78, 5) is 0. The average Bonchev–Trinajstić information content (AvgIpc) is 3.19. The number of nitrogens with one attached hydrogen (secondary N) is 1. The van der Waals surface area contributed by atoms with Crippen LogP contribution in [-0.4, -0.2) is 124 Å². The Bertz CT molecular complexity index is 1730. The van der Waals surface area contributed by atoms with Crippen LogP contribution in [0.25, 0.3) is 0 Å². The Morgan fingerprint density at radius 3 is 1.87 bits per heavy atom. The number of aliphatic hydroxyl groups is 1. The molecule has 0 aromatic heterocycles. The topological polar surface area (TPSA) is 279 Å². The first-order valence-electron chi connectivity index (χ1n) is 22.0. The van der Waals surface area contributed by atoms with E-state index in [0.717, 1.165) is 57.8 Å². The molecule has 2 N–H and O–H groups in total. The van der Waals surface area contributed by atoms with Gasteiger partial charge in [0.25, 0.3) is 0 Å². The molecule has 0 amide bonds. The molecule has 0 radical (unpaired) electrons. The second kappa shape index (κ2) is 26.2. The van der Waals surface area contributed by atoms with E-state index in [-0.39, 0.29) is 136 Å². The van der Waals surface area contributed by atoms with Gasteiger partial charge in [-0.25, -0.2) is 21.0 Å². The van der Waals surface area contributed by atoms with Crippen molar-refractivity contribution in [3.8, 4) is 0 Å². The Morgan fingerprint density at radius 1 is 0.645 bits per heavy atom. The third kappa shape index (κ3) is 16.0. The third-order valence-corrected chi connectivity index (χ3v) is 17.0. The Balaban J connectivity index is 0.00000341. The predicted molar refractivity (Wildman–Crippen MR) is 214 cm³/mol. The number of azo groups is 3. The molecule has 6 saturated carbocycles. The summed E-state index contributed by atoms with van der Waals surface area (Å²) in [5, 5.41) is 41.6. The summed E-state index contributed by atoms with van der Waals surface area (Å²) in [6.07, 6.45) is 9.90. The maximum absolute atomic E-state index is 11.7. The summed E-state index contributed by atoms with van der Waals surface area (Å²) in [6.45, 7) is 4.58. The smallest absolute Gasteiger partial charge is 0.750 e. The van der Waals surface area contributed by atoms with Gasteiger partial charge < -0.3 is 28.8 Å². The number of hydrogen-bond acceptors (Lipinski definition) is 18. The van der Waals surface area contributed by atoms with Crippen LogP contribution in [0.4, 0.5) is 0 Å².